The molecule has 0 amide bonds. The molecule has 1 aromatic carbocycles. The van der Waals surface area contributed by atoms with Crippen molar-refractivity contribution in [1.29, 1.82) is 0 Å². The molecule has 1 atom stereocenters. The molecule has 0 aromatic heterocycles. The lowest BCUT2D eigenvalue weighted by Crippen LogP contribution is -2.52. The van der Waals surface area contributed by atoms with Gasteiger partial charge < -0.3 is 10.1 Å². The Morgan fingerprint density at radius 3 is 2.71 bits per heavy atom. The summed E-state index contributed by atoms with van der Waals surface area (Å²) in [5.41, 5.74) is -0.330. The quantitative estimate of drug-likeness (QED) is 0.817. The molecule has 120 valence electrons. The molecule has 2 rings (SSSR count). The highest BCUT2D eigenvalue weighted by molar-refractivity contribution is 7.89. The van der Waals surface area contributed by atoms with Crippen molar-refractivity contribution >= 4 is 34.0 Å². The molecule has 8 heteroatoms. The predicted molar refractivity (Wildman–Crippen MR) is 85.7 cm³/mol. The SMILES string of the molecule is COCC1(CNS(=O)(=O)c2ccccc2Cl)CCCN1.Cl. The van der Waals surface area contributed by atoms with Gasteiger partial charge in [-0.3, -0.25) is 0 Å². The Labute approximate surface area is 136 Å². The van der Waals surface area contributed by atoms with E-state index < -0.39 is 10.0 Å². The third kappa shape index (κ3) is 4.55. The van der Waals surface area contributed by atoms with E-state index in [0.29, 0.717) is 6.61 Å². The molecule has 21 heavy (non-hydrogen) atoms. The lowest BCUT2D eigenvalue weighted by atomic mass is 9.99. The van der Waals surface area contributed by atoms with Crippen LogP contribution in [0.15, 0.2) is 29.2 Å². The maximum Gasteiger partial charge on any atom is 0.242 e. The first-order chi connectivity index (χ1) is 9.49. The number of rotatable bonds is 6. The fraction of sp³-hybridized carbons (Fsp3) is 0.538. The Balaban J connectivity index is 0.00000220. The van der Waals surface area contributed by atoms with Gasteiger partial charge in [0.1, 0.15) is 4.90 Å². The molecule has 5 nitrogen and oxygen atoms in total. The van der Waals surface area contributed by atoms with Crippen molar-refractivity contribution in [2.45, 2.75) is 23.3 Å². The van der Waals surface area contributed by atoms with Crippen LogP contribution >= 0.6 is 24.0 Å². The number of benzene rings is 1. The van der Waals surface area contributed by atoms with Crippen molar-refractivity contribution in [3.8, 4) is 0 Å². The van der Waals surface area contributed by atoms with Gasteiger partial charge in [0.05, 0.1) is 17.2 Å². The van der Waals surface area contributed by atoms with E-state index in [1.807, 2.05) is 0 Å². The van der Waals surface area contributed by atoms with Crippen LogP contribution in [-0.4, -0.2) is 40.8 Å². The number of nitrogens with one attached hydrogen (secondary N) is 2. The summed E-state index contributed by atoms with van der Waals surface area (Å²) in [6.45, 7) is 1.63. The molecule has 1 unspecified atom stereocenters. The zero-order chi connectivity index (χ0) is 14.6. The fourth-order valence-electron chi connectivity index (χ4n) is 2.44. The second kappa shape index (κ2) is 7.76. The second-order valence-corrected chi connectivity index (χ2v) is 7.14. The first-order valence-corrected chi connectivity index (χ1v) is 8.33. The zero-order valence-electron chi connectivity index (χ0n) is 11.8. The summed E-state index contributed by atoms with van der Waals surface area (Å²) in [7, 11) is -2.00. The van der Waals surface area contributed by atoms with Crippen molar-refractivity contribution in [3.05, 3.63) is 29.3 Å². The molecule has 1 aliphatic heterocycles. The predicted octanol–water partition coefficient (Wildman–Crippen LogP) is 1.81. The summed E-state index contributed by atoms with van der Waals surface area (Å²) in [4.78, 5) is 0.104. The van der Waals surface area contributed by atoms with E-state index >= 15 is 0 Å². The van der Waals surface area contributed by atoms with Crippen molar-refractivity contribution in [1.82, 2.24) is 10.0 Å². The lowest BCUT2D eigenvalue weighted by molar-refractivity contribution is 0.122. The van der Waals surface area contributed by atoms with Gasteiger partial charge in [0.25, 0.3) is 0 Å². The largest absolute Gasteiger partial charge is 0.383 e. The van der Waals surface area contributed by atoms with Crippen LogP contribution in [0.3, 0.4) is 0 Å². The summed E-state index contributed by atoms with van der Waals surface area (Å²) in [6.07, 6.45) is 1.89. The third-order valence-corrected chi connectivity index (χ3v) is 5.38. The van der Waals surface area contributed by atoms with Gasteiger partial charge in [0.15, 0.2) is 0 Å². The van der Waals surface area contributed by atoms with E-state index in [1.165, 1.54) is 6.07 Å². The standard InChI is InChI=1S/C13H19ClN2O3S.ClH/c1-19-10-13(7-4-8-15-13)9-16-20(17,18)12-6-3-2-5-11(12)14;/h2-3,5-6,15-16H,4,7-10H2,1H3;1H. The highest BCUT2D eigenvalue weighted by Crippen LogP contribution is 2.23. The first-order valence-electron chi connectivity index (χ1n) is 6.47. The molecule has 1 fully saturated rings. The van der Waals surface area contributed by atoms with E-state index in [1.54, 1.807) is 25.3 Å². The third-order valence-electron chi connectivity index (χ3n) is 3.48. The molecule has 0 bridgehead atoms. The van der Waals surface area contributed by atoms with Gasteiger partial charge >= 0.3 is 0 Å². The number of methoxy groups -OCH3 is 1. The van der Waals surface area contributed by atoms with Crippen LogP contribution in [0.1, 0.15) is 12.8 Å². The molecule has 1 saturated heterocycles. The highest BCUT2D eigenvalue weighted by Gasteiger charge is 2.35. The Morgan fingerprint density at radius 2 is 2.14 bits per heavy atom. The number of hydrogen-bond donors (Lipinski definition) is 2. The molecule has 2 N–H and O–H groups in total. The zero-order valence-corrected chi connectivity index (χ0v) is 14.2. The molecule has 0 spiro atoms. The van der Waals surface area contributed by atoms with Crippen molar-refractivity contribution in [2.24, 2.45) is 0 Å². The van der Waals surface area contributed by atoms with Gasteiger partial charge in [-0.2, -0.15) is 0 Å². The molecule has 1 aliphatic rings. The second-order valence-electron chi connectivity index (χ2n) is 5.00. The Hall–Kier alpha value is -0.370. The van der Waals surface area contributed by atoms with Gasteiger partial charge in [0.2, 0.25) is 10.0 Å². The maximum absolute atomic E-state index is 12.3. The topological polar surface area (TPSA) is 67.4 Å². The minimum atomic E-state index is -3.61. The number of ether oxygens (including phenoxy) is 1. The van der Waals surface area contributed by atoms with E-state index in [0.717, 1.165) is 19.4 Å². The van der Waals surface area contributed by atoms with Crippen LogP contribution in [-0.2, 0) is 14.8 Å². The molecule has 1 heterocycles. The van der Waals surface area contributed by atoms with E-state index in [-0.39, 0.29) is 34.4 Å². The van der Waals surface area contributed by atoms with Gasteiger partial charge in [-0.1, -0.05) is 23.7 Å². The van der Waals surface area contributed by atoms with Crippen molar-refractivity contribution < 1.29 is 13.2 Å². The normalized spacial score (nSPS) is 22.0. The maximum atomic E-state index is 12.3. The highest BCUT2D eigenvalue weighted by atomic mass is 35.5. The summed E-state index contributed by atoms with van der Waals surface area (Å²) in [6, 6.07) is 6.41. The number of halogens is 2. The van der Waals surface area contributed by atoms with Crippen molar-refractivity contribution in [2.75, 3.05) is 26.8 Å². The minimum Gasteiger partial charge on any atom is -0.383 e. The molecule has 0 aliphatic carbocycles. The average Bonchev–Trinajstić information content (AvgIpc) is 2.87. The van der Waals surface area contributed by atoms with Gasteiger partial charge in [0, 0.05) is 13.7 Å². The Bertz CT molecular complexity index is 560. The van der Waals surface area contributed by atoms with E-state index in [2.05, 4.69) is 10.0 Å². The van der Waals surface area contributed by atoms with Gasteiger partial charge in [-0.05, 0) is 31.5 Å². The average molecular weight is 355 g/mol. The molecule has 0 radical (unpaired) electrons. The van der Waals surface area contributed by atoms with Gasteiger partial charge in [-0.15, -0.1) is 12.4 Å². The first kappa shape index (κ1) is 18.7. The summed E-state index contributed by atoms with van der Waals surface area (Å²) in [5, 5.41) is 3.55. The smallest absolute Gasteiger partial charge is 0.242 e. The molecule has 0 saturated carbocycles. The monoisotopic (exact) mass is 354 g/mol. The van der Waals surface area contributed by atoms with E-state index in [9.17, 15) is 8.42 Å². The van der Waals surface area contributed by atoms with Crippen LogP contribution in [0.4, 0.5) is 0 Å². The molecular weight excluding hydrogens is 335 g/mol. The number of sulfonamides is 1. The van der Waals surface area contributed by atoms with Crippen LogP contribution < -0.4 is 10.0 Å². The van der Waals surface area contributed by atoms with Crippen LogP contribution in [0, 0.1) is 0 Å². The van der Waals surface area contributed by atoms with E-state index in [4.69, 9.17) is 16.3 Å². The van der Waals surface area contributed by atoms with Gasteiger partial charge in [-0.25, -0.2) is 13.1 Å². The summed E-state index contributed by atoms with van der Waals surface area (Å²) < 4.78 is 32.4. The summed E-state index contributed by atoms with van der Waals surface area (Å²) >= 11 is 5.94. The molecule has 1 aromatic rings. The number of hydrogen-bond acceptors (Lipinski definition) is 4. The van der Waals surface area contributed by atoms with Crippen LogP contribution in [0.2, 0.25) is 5.02 Å². The van der Waals surface area contributed by atoms with Crippen LogP contribution in [0.25, 0.3) is 0 Å². The summed E-state index contributed by atoms with van der Waals surface area (Å²) in [5.74, 6) is 0. The van der Waals surface area contributed by atoms with Crippen LogP contribution in [0.5, 0.6) is 0 Å². The Kier molecular flexibility index (Phi) is 6.90. The fourth-order valence-corrected chi connectivity index (χ4v) is 4.09. The lowest BCUT2D eigenvalue weighted by Gasteiger charge is -2.28. The molecular formula is C13H20Cl2N2O3S. The Morgan fingerprint density at radius 1 is 1.43 bits per heavy atom. The minimum absolute atomic E-state index is 0. The van der Waals surface area contributed by atoms with Crippen molar-refractivity contribution in [3.63, 3.8) is 0 Å².